The zero-order valence-electron chi connectivity index (χ0n) is 16.2. The molecule has 0 aromatic heterocycles. The fourth-order valence-corrected chi connectivity index (χ4v) is 4.38. The van der Waals surface area contributed by atoms with E-state index in [0.717, 1.165) is 26.2 Å². The van der Waals surface area contributed by atoms with E-state index in [0.29, 0.717) is 12.0 Å². The first-order valence-corrected chi connectivity index (χ1v) is 10.5. The van der Waals surface area contributed by atoms with Gasteiger partial charge in [-0.2, -0.15) is 0 Å². The summed E-state index contributed by atoms with van der Waals surface area (Å²) in [6.45, 7) is 10.5. The smallest absolute Gasteiger partial charge is 0.0703 e. The maximum Gasteiger partial charge on any atom is 0.0703 e. The maximum atomic E-state index is 5.93. The van der Waals surface area contributed by atoms with Crippen LogP contribution in [0.4, 0.5) is 0 Å². The van der Waals surface area contributed by atoms with E-state index in [4.69, 9.17) is 4.74 Å². The van der Waals surface area contributed by atoms with E-state index in [1.165, 1.54) is 39.6 Å². The Hall–Kier alpha value is -1.16. The van der Waals surface area contributed by atoms with E-state index in [1.807, 2.05) is 0 Å². The van der Waals surface area contributed by atoms with Crippen LogP contribution in [0.5, 0.6) is 0 Å². The number of hydrogen-bond acceptors (Lipinski definition) is 2. The van der Waals surface area contributed by atoms with Gasteiger partial charge in [0.15, 0.2) is 0 Å². The third kappa shape index (κ3) is 5.18. The van der Waals surface area contributed by atoms with Gasteiger partial charge in [0.1, 0.15) is 0 Å². The lowest BCUT2D eigenvalue weighted by Gasteiger charge is -2.27. The Bertz CT molecular complexity index is 722. The number of nitrogens with zero attached hydrogens (tertiary/aromatic N) is 1. The van der Waals surface area contributed by atoms with Crippen molar-refractivity contribution in [3.63, 3.8) is 0 Å². The van der Waals surface area contributed by atoms with E-state index < -0.39 is 0 Å². The minimum Gasteiger partial charge on any atom is -0.377 e. The SMILES string of the molecule is Cc1ccc(CN(Cc2ccccc2C(C)C)CC2CCCO2)c(Br)c1. The second-order valence-corrected chi connectivity index (χ2v) is 8.61. The average molecular weight is 416 g/mol. The van der Waals surface area contributed by atoms with Crippen molar-refractivity contribution in [3.8, 4) is 0 Å². The van der Waals surface area contributed by atoms with Gasteiger partial charge < -0.3 is 4.74 Å². The van der Waals surface area contributed by atoms with Crippen LogP contribution in [0, 0.1) is 6.92 Å². The van der Waals surface area contributed by atoms with E-state index in [2.05, 4.69) is 84.1 Å². The van der Waals surface area contributed by atoms with Crippen LogP contribution in [0.15, 0.2) is 46.9 Å². The molecule has 1 heterocycles. The van der Waals surface area contributed by atoms with Gasteiger partial charge in [0.25, 0.3) is 0 Å². The molecule has 3 rings (SSSR count). The summed E-state index contributed by atoms with van der Waals surface area (Å²) >= 11 is 3.75. The Morgan fingerprint density at radius 3 is 2.58 bits per heavy atom. The molecule has 1 unspecified atom stereocenters. The summed E-state index contributed by atoms with van der Waals surface area (Å²) in [6.07, 6.45) is 2.73. The standard InChI is InChI=1S/C23H30BrNO/c1-17(2)22-9-5-4-7-19(22)14-25(16-21-8-6-12-26-21)15-20-11-10-18(3)13-23(20)24/h4-5,7,9-11,13,17,21H,6,8,12,14-16H2,1-3H3. The molecular weight excluding hydrogens is 386 g/mol. The molecule has 2 nitrogen and oxygen atoms in total. The van der Waals surface area contributed by atoms with Crippen molar-refractivity contribution in [2.75, 3.05) is 13.2 Å². The van der Waals surface area contributed by atoms with Crippen LogP contribution in [0.3, 0.4) is 0 Å². The zero-order chi connectivity index (χ0) is 18.5. The van der Waals surface area contributed by atoms with Gasteiger partial charge >= 0.3 is 0 Å². The molecular formula is C23H30BrNO. The number of aryl methyl sites for hydroxylation is 1. The highest BCUT2D eigenvalue weighted by Crippen LogP contribution is 2.25. The van der Waals surface area contributed by atoms with Gasteiger partial charge in [0, 0.05) is 30.7 Å². The van der Waals surface area contributed by atoms with Crippen LogP contribution in [0.25, 0.3) is 0 Å². The average Bonchev–Trinajstić information content (AvgIpc) is 3.10. The van der Waals surface area contributed by atoms with E-state index in [1.54, 1.807) is 0 Å². The maximum absolute atomic E-state index is 5.93. The molecule has 140 valence electrons. The fourth-order valence-electron chi connectivity index (χ4n) is 3.77. The van der Waals surface area contributed by atoms with Crippen molar-refractivity contribution in [2.24, 2.45) is 0 Å². The minimum atomic E-state index is 0.366. The van der Waals surface area contributed by atoms with Crippen LogP contribution >= 0.6 is 15.9 Å². The molecule has 26 heavy (non-hydrogen) atoms. The Balaban J connectivity index is 1.81. The lowest BCUT2D eigenvalue weighted by Crippen LogP contribution is -2.32. The minimum absolute atomic E-state index is 0.366. The van der Waals surface area contributed by atoms with Gasteiger partial charge in [-0.1, -0.05) is 66.2 Å². The van der Waals surface area contributed by atoms with Crippen molar-refractivity contribution in [3.05, 3.63) is 69.2 Å². The van der Waals surface area contributed by atoms with Crippen LogP contribution in [0.1, 0.15) is 54.9 Å². The number of rotatable bonds is 7. The molecule has 3 heteroatoms. The number of benzene rings is 2. The number of ether oxygens (including phenoxy) is 1. The quantitative estimate of drug-likeness (QED) is 0.544. The predicted molar refractivity (Wildman–Crippen MR) is 112 cm³/mol. The van der Waals surface area contributed by atoms with Gasteiger partial charge in [0.2, 0.25) is 0 Å². The van der Waals surface area contributed by atoms with E-state index in [-0.39, 0.29) is 0 Å². The van der Waals surface area contributed by atoms with Crippen LogP contribution < -0.4 is 0 Å². The second kappa shape index (κ2) is 9.16. The molecule has 1 aliphatic heterocycles. The molecule has 0 aliphatic carbocycles. The van der Waals surface area contributed by atoms with Crippen LogP contribution in [0.2, 0.25) is 0 Å². The van der Waals surface area contributed by atoms with E-state index >= 15 is 0 Å². The Morgan fingerprint density at radius 2 is 1.88 bits per heavy atom. The van der Waals surface area contributed by atoms with Crippen LogP contribution in [-0.4, -0.2) is 24.2 Å². The second-order valence-electron chi connectivity index (χ2n) is 7.75. The monoisotopic (exact) mass is 415 g/mol. The lowest BCUT2D eigenvalue weighted by atomic mass is 9.96. The molecule has 2 aromatic rings. The number of hydrogen-bond donors (Lipinski definition) is 0. The van der Waals surface area contributed by atoms with Crippen molar-refractivity contribution in [2.45, 2.75) is 58.7 Å². The van der Waals surface area contributed by atoms with Crippen molar-refractivity contribution < 1.29 is 4.74 Å². The molecule has 0 N–H and O–H groups in total. The lowest BCUT2D eigenvalue weighted by molar-refractivity contribution is 0.0677. The van der Waals surface area contributed by atoms with Crippen molar-refractivity contribution in [1.82, 2.24) is 4.90 Å². The molecule has 1 aliphatic rings. The molecule has 0 radical (unpaired) electrons. The van der Waals surface area contributed by atoms with Gasteiger partial charge in [-0.05, 0) is 54.0 Å². The van der Waals surface area contributed by atoms with Crippen LogP contribution in [-0.2, 0) is 17.8 Å². The molecule has 1 fully saturated rings. The topological polar surface area (TPSA) is 12.5 Å². The third-order valence-corrected chi connectivity index (χ3v) is 5.90. The van der Waals surface area contributed by atoms with Crippen molar-refractivity contribution in [1.29, 1.82) is 0 Å². The largest absolute Gasteiger partial charge is 0.377 e. The Kier molecular flexibility index (Phi) is 6.91. The molecule has 0 spiro atoms. The summed E-state index contributed by atoms with van der Waals surface area (Å²) in [5, 5.41) is 0. The van der Waals surface area contributed by atoms with E-state index in [9.17, 15) is 0 Å². The summed E-state index contributed by atoms with van der Waals surface area (Å²) in [5.74, 6) is 0.543. The summed E-state index contributed by atoms with van der Waals surface area (Å²) in [7, 11) is 0. The van der Waals surface area contributed by atoms with Crippen molar-refractivity contribution >= 4 is 15.9 Å². The summed E-state index contributed by atoms with van der Waals surface area (Å²) < 4.78 is 7.13. The van der Waals surface area contributed by atoms with Gasteiger partial charge in [-0.3, -0.25) is 4.90 Å². The Labute approximate surface area is 166 Å². The summed E-state index contributed by atoms with van der Waals surface area (Å²) in [6, 6.07) is 15.5. The normalized spacial score (nSPS) is 17.4. The first-order chi connectivity index (χ1) is 12.5. The summed E-state index contributed by atoms with van der Waals surface area (Å²) in [5.41, 5.74) is 5.52. The highest BCUT2D eigenvalue weighted by molar-refractivity contribution is 9.10. The molecule has 2 aromatic carbocycles. The third-order valence-electron chi connectivity index (χ3n) is 5.16. The first-order valence-electron chi connectivity index (χ1n) is 9.69. The molecule has 1 saturated heterocycles. The zero-order valence-corrected chi connectivity index (χ0v) is 17.8. The van der Waals surface area contributed by atoms with Gasteiger partial charge in [-0.15, -0.1) is 0 Å². The Morgan fingerprint density at radius 1 is 1.12 bits per heavy atom. The first kappa shape index (κ1) is 19.6. The highest BCUT2D eigenvalue weighted by Gasteiger charge is 2.21. The molecule has 0 saturated carbocycles. The summed E-state index contributed by atoms with van der Waals surface area (Å²) in [4.78, 5) is 2.55. The highest BCUT2D eigenvalue weighted by atomic mass is 79.9. The van der Waals surface area contributed by atoms with Gasteiger partial charge in [-0.25, -0.2) is 0 Å². The molecule has 0 bridgehead atoms. The molecule has 0 amide bonds. The predicted octanol–water partition coefficient (Wildman–Crippen LogP) is 6.06. The molecule has 1 atom stereocenters. The fraction of sp³-hybridized carbons (Fsp3) is 0.478. The van der Waals surface area contributed by atoms with Gasteiger partial charge in [0.05, 0.1) is 6.10 Å². The number of halogens is 1.